The smallest absolute Gasteiger partial charge is 0.242 e. The number of anilines is 1. The molecule has 1 saturated carbocycles. The first-order valence-corrected chi connectivity index (χ1v) is 10.5. The maximum atomic E-state index is 12.6. The molecule has 29 heavy (non-hydrogen) atoms. The molecule has 1 aliphatic heterocycles. The van der Waals surface area contributed by atoms with Crippen molar-refractivity contribution in [3.05, 3.63) is 24.3 Å². The lowest BCUT2D eigenvalue weighted by molar-refractivity contribution is -0.131. The Morgan fingerprint density at radius 1 is 1.10 bits per heavy atom. The number of benzene rings is 1. The van der Waals surface area contributed by atoms with Crippen LogP contribution >= 0.6 is 0 Å². The van der Waals surface area contributed by atoms with Crippen LogP contribution in [0.4, 0.5) is 5.69 Å². The summed E-state index contributed by atoms with van der Waals surface area (Å²) in [6, 6.07) is 6.77. The van der Waals surface area contributed by atoms with Gasteiger partial charge in [-0.15, -0.1) is 0 Å². The van der Waals surface area contributed by atoms with E-state index in [1.807, 2.05) is 0 Å². The molecular formula is C22H31N3O4. The minimum Gasteiger partial charge on any atom is -0.497 e. The quantitative estimate of drug-likeness (QED) is 0.717. The molecule has 158 valence electrons. The van der Waals surface area contributed by atoms with Gasteiger partial charge in [0.25, 0.3) is 0 Å². The number of amides is 3. The summed E-state index contributed by atoms with van der Waals surface area (Å²) in [5, 5.41) is 5.85. The SMILES string of the molecule is COc1ccc(N2C[C@H](C(=O)N[C@@H](C)C(=O)NC3CCCCCC3)CC2=O)cc1. The van der Waals surface area contributed by atoms with Gasteiger partial charge < -0.3 is 20.3 Å². The van der Waals surface area contributed by atoms with Crippen LogP contribution in [0.2, 0.25) is 0 Å². The van der Waals surface area contributed by atoms with Gasteiger partial charge in [-0.25, -0.2) is 0 Å². The predicted octanol–water partition coefficient (Wildman–Crippen LogP) is 2.39. The van der Waals surface area contributed by atoms with Gasteiger partial charge in [-0.3, -0.25) is 14.4 Å². The molecule has 2 fully saturated rings. The van der Waals surface area contributed by atoms with E-state index in [0.29, 0.717) is 12.3 Å². The van der Waals surface area contributed by atoms with E-state index in [0.717, 1.165) is 31.4 Å². The molecule has 0 unspecified atom stereocenters. The van der Waals surface area contributed by atoms with Crippen molar-refractivity contribution < 1.29 is 19.1 Å². The maximum Gasteiger partial charge on any atom is 0.242 e. The lowest BCUT2D eigenvalue weighted by atomic mass is 10.1. The Balaban J connectivity index is 1.52. The molecular weight excluding hydrogens is 370 g/mol. The Morgan fingerprint density at radius 2 is 1.76 bits per heavy atom. The van der Waals surface area contributed by atoms with E-state index in [1.54, 1.807) is 43.2 Å². The minimum absolute atomic E-state index is 0.0918. The number of methoxy groups -OCH3 is 1. The zero-order valence-electron chi connectivity index (χ0n) is 17.3. The fourth-order valence-electron chi connectivity index (χ4n) is 4.04. The number of nitrogens with one attached hydrogen (secondary N) is 2. The average molecular weight is 402 g/mol. The lowest BCUT2D eigenvalue weighted by Crippen LogP contribution is -2.49. The molecule has 0 spiro atoms. The van der Waals surface area contributed by atoms with Gasteiger partial charge in [-0.2, -0.15) is 0 Å². The van der Waals surface area contributed by atoms with E-state index < -0.39 is 12.0 Å². The van der Waals surface area contributed by atoms with Crippen LogP contribution in [0.3, 0.4) is 0 Å². The Hall–Kier alpha value is -2.57. The number of carbonyl (C=O) groups is 3. The summed E-state index contributed by atoms with van der Waals surface area (Å²) in [6.45, 7) is 2.01. The molecule has 7 heteroatoms. The summed E-state index contributed by atoms with van der Waals surface area (Å²) in [6.07, 6.45) is 6.86. The van der Waals surface area contributed by atoms with Gasteiger partial charge in [-0.1, -0.05) is 25.7 Å². The number of carbonyl (C=O) groups excluding carboxylic acids is 3. The number of rotatable bonds is 6. The van der Waals surface area contributed by atoms with Gasteiger partial charge in [0.1, 0.15) is 11.8 Å². The van der Waals surface area contributed by atoms with Crippen LogP contribution in [0.15, 0.2) is 24.3 Å². The average Bonchev–Trinajstić information content (AvgIpc) is 2.93. The number of ether oxygens (including phenoxy) is 1. The Bertz CT molecular complexity index is 726. The van der Waals surface area contributed by atoms with E-state index in [9.17, 15) is 14.4 Å². The lowest BCUT2D eigenvalue weighted by Gasteiger charge is -2.21. The second-order valence-corrected chi connectivity index (χ2v) is 8.03. The van der Waals surface area contributed by atoms with Gasteiger partial charge in [0.2, 0.25) is 17.7 Å². The zero-order chi connectivity index (χ0) is 20.8. The van der Waals surface area contributed by atoms with E-state index >= 15 is 0 Å². The van der Waals surface area contributed by atoms with E-state index in [4.69, 9.17) is 4.74 Å². The molecule has 1 saturated heterocycles. The third kappa shape index (κ3) is 5.49. The van der Waals surface area contributed by atoms with Gasteiger partial charge in [0, 0.05) is 24.7 Å². The second-order valence-electron chi connectivity index (χ2n) is 8.03. The number of hydrogen-bond donors (Lipinski definition) is 2. The van der Waals surface area contributed by atoms with Crippen molar-refractivity contribution >= 4 is 23.4 Å². The second kappa shape index (κ2) is 9.76. The Morgan fingerprint density at radius 3 is 2.38 bits per heavy atom. The summed E-state index contributed by atoms with van der Waals surface area (Å²) in [4.78, 5) is 39.1. The molecule has 3 rings (SSSR count). The third-order valence-electron chi connectivity index (χ3n) is 5.83. The van der Waals surface area contributed by atoms with Crippen LogP contribution in [0.25, 0.3) is 0 Å². The first kappa shape index (κ1) is 21.1. The molecule has 1 heterocycles. The fourth-order valence-corrected chi connectivity index (χ4v) is 4.04. The summed E-state index contributed by atoms with van der Waals surface area (Å²) in [7, 11) is 1.59. The van der Waals surface area contributed by atoms with Crippen molar-refractivity contribution in [1.29, 1.82) is 0 Å². The molecule has 3 amide bonds. The highest BCUT2D eigenvalue weighted by Crippen LogP contribution is 2.27. The molecule has 0 radical (unpaired) electrons. The molecule has 2 N–H and O–H groups in total. The molecule has 1 aliphatic carbocycles. The molecule has 2 aliphatic rings. The number of nitrogens with zero attached hydrogens (tertiary/aromatic N) is 1. The monoisotopic (exact) mass is 401 g/mol. The van der Waals surface area contributed by atoms with Crippen LogP contribution in [-0.4, -0.2) is 43.5 Å². The van der Waals surface area contributed by atoms with Crippen LogP contribution < -0.4 is 20.3 Å². The van der Waals surface area contributed by atoms with Crippen LogP contribution in [0, 0.1) is 5.92 Å². The molecule has 0 aromatic heterocycles. The van der Waals surface area contributed by atoms with Crippen LogP contribution in [0.5, 0.6) is 5.75 Å². The van der Waals surface area contributed by atoms with Gasteiger partial charge in [0.05, 0.1) is 13.0 Å². The summed E-state index contributed by atoms with van der Waals surface area (Å²) in [5.74, 6) is -0.244. The molecule has 7 nitrogen and oxygen atoms in total. The molecule has 1 aromatic rings. The standard InChI is InChI=1S/C22H31N3O4/c1-15(21(27)24-17-7-5-3-4-6-8-17)23-22(28)16-13-20(26)25(14-16)18-9-11-19(29-2)12-10-18/h9-12,15-17H,3-8,13-14H2,1-2H3,(H,23,28)(H,24,27)/t15-,16+/m0/s1. The topological polar surface area (TPSA) is 87.7 Å². The molecule has 2 atom stereocenters. The maximum absolute atomic E-state index is 12.6. The Kier molecular flexibility index (Phi) is 7.12. The highest BCUT2D eigenvalue weighted by atomic mass is 16.5. The van der Waals surface area contributed by atoms with Gasteiger partial charge >= 0.3 is 0 Å². The molecule has 1 aromatic carbocycles. The van der Waals surface area contributed by atoms with Crippen molar-refractivity contribution in [1.82, 2.24) is 10.6 Å². The number of hydrogen-bond acceptors (Lipinski definition) is 4. The normalized spacial score (nSPS) is 21.4. The van der Waals surface area contributed by atoms with E-state index in [1.165, 1.54) is 12.8 Å². The van der Waals surface area contributed by atoms with Crippen LogP contribution in [-0.2, 0) is 14.4 Å². The van der Waals surface area contributed by atoms with Crippen LogP contribution in [0.1, 0.15) is 51.9 Å². The van der Waals surface area contributed by atoms with Crippen molar-refractivity contribution in [2.75, 3.05) is 18.6 Å². The largest absolute Gasteiger partial charge is 0.497 e. The highest BCUT2D eigenvalue weighted by molar-refractivity contribution is 6.01. The Labute approximate surface area is 172 Å². The highest BCUT2D eigenvalue weighted by Gasteiger charge is 2.36. The predicted molar refractivity (Wildman–Crippen MR) is 111 cm³/mol. The zero-order valence-corrected chi connectivity index (χ0v) is 17.3. The fraction of sp³-hybridized carbons (Fsp3) is 0.591. The summed E-state index contributed by atoms with van der Waals surface area (Å²) < 4.78 is 5.14. The first-order chi connectivity index (χ1) is 14.0. The third-order valence-corrected chi connectivity index (χ3v) is 5.83. The molecule has 0 bridgehead atoms. The van der Waals surface area contributed by atoms with Gasteiger partial charge in [0.15, 0.2) is 0 Å². The van der Waals surface area contributed by atoms with E-state index in [2.05, 4.69) is 10.6 Å². The first-order valence-electron chi connectivity index (χ1n) is 10.5. The van der Waals surface area contributed by atoms with Gasteiger partial charge in [-0.05, 0) is 44.0 Å². The summed E-state index contributed by atoms with van der Waals surface area (Å²) in [5.41, 5.74) is 0.741. The van der Waals surface area contributed by atoms with E-state index in [-0.39, 0.29) is 30.2 Å². The summed E-state index contributed by atoms with van der Waals surface area (Å²) >= 11 is 0. The van der Waals surface area contributed by atoms with Crippen molar-refractivity contribution in [3.63, 3.8) is 0 Å². The minimum atomic E-state index is -0.615. The van der Waals surface area contributed by atoms with Crippen molar-refractivity contribution in [2.45, 2.75) is 64.0 Å². The van der Waals surface area contributed by atoms with Crippen molar-refractivity contribution in [2.24, 2.45) is 5.92 Å². The van der Waals surface area contributed by atoms with Crippen molar-refractivity contribution in [3.8, 4) is 5.75 Å².